The Kier molecular flexibility index (Phi) is 5.96. The van der Waals surface area contributed by atoms with Crippen LogP contribution in [-0.2, 0) is 16.1 Å². The summed E-state index contributed by atoms with van der Waals surface area (Å²) in [6, 6.07) is 5.29. The average molecular weight is 403 g/mol. The normalized spacial score (nSPS) is 24.7. The largest absolute Gasteiger partial charge is 0.350 e. The molecule has 1 saturated carbocycles. The van der Waals surface area contributed by atoms with Gasteiger partial charge in [0.1, 0.15) is 17.9 Å². The molecule has 3 rings (SSSR count). The second-order valence-electron chi connectivity index (χ2n) is 8.92. The monoisotopic (exact) mass is 403 g/mol. The molecule has 1 saturated heterocycles. The van der Waals surface area contributed by atoms with Gasteiger partial charge in [-0.05, 0) is 54.7 Å². The van der Waals surface area contributed by atoms with Crippen LogP contribution in [0.3, 0.4) is 0 Å². The summed E-state index contributed by atoms with van der Waals surface area (Å²) >= 11 is 0. The van der Waals surface area contributed by atoms with Gasteiger partial charge in [0.05, 0.1) is 0 Å². The van der Waals surface area contributed by atoms with Crippen LogP contribution in [0.4, 0.5) is 9.18 Å². The van der Waals surface area contributed by atoms with Crippen LogP contribution in [0.2, 0.25) is 0 Å². The average Bonchev–Trinajstić information content (AvgIpc) is 2.92. The number of amides is 4. The van der Waals surface area contributed by atoms with E-state index in [4.69, 9.17) is 0 Å². The van der Waals surface area contributed by atoms with Gasteiger partial charge in [0.25, 0.3) is 5.91 Å². The van der Waals surface area contributed by atoms with Crippen molar-refractivity contribution in [3.63, 3.8) is 0 Å². The predicted molar refractivity (Wildman–Crippen MR) is 107 cm³/mol. The van der Waals surface area contributed by atoms with Crippen LogP contribution in [0.1, 0.15) is 58.4 Å². The number of rotatable bonds is 6. The number of carbonyl (C=O) groups is 3. The summed E-state index contributed by atoms with van der Waals surface area (Å²) in [6.45, 7) is 6.59. The molecule has 1 aromatic carbocycles. The smallest absolute Gasteiger partial charge is 0.325 e. The van der Waals surface area contributed by atoms with Gasteiger partial charge in [-0.3, -0.25) is 14.5 Å². The summed E-state index contributed by atoms with van der Waals surface area (Å²) in [5, 5.41) is 5.54. The zero-order valence-corrected chi connectivity index (χ0v) is 17.4. The Labute approximate surface area is 171 Å². The number of hydrogen-bond acceptors (Lipinski definition) is 3. The van der Waals surface area contributed by atoms with E-state index in [2.05, 4.69) is 31.4 Å². The Morgan fingerprint density at radius 2 is 1.86 bits per heavy atom. The minimum Gasteiger partial charge on any atom is -0.350 e. The van der Waals surface area contributed by atoms with Crippen LogP contribution >= 0.6 is 0 Å². The maximum atomic E-state index is 13.0. The van der Waals surface area contributed by atoms with E-state index in [1.54, 1.807) is 12.1 Å². The summed E-state index contributed by atoms with van der Waals surface area (Å²) in [7, 11) is 0. The first kappa shape index (κ1) is 21.3. The van der Waals surface area contributed by atoms with Crippen molar-refractivity contribution in [3.8, 4) is 0 Å². The molecule has 2 fully saturated rings. The maximum absolute atomic E-state index is 13.0. The molecule has 0 unspecified atom stereocenters. The predicted octanol–water partition coefficient (Wildman–Crippen LogP) is 3.36. The van der Waals surface area contributed by atoms with Gasteiger partial charge in [-0.25, -0.2) is 9.18 Å². The lowest BCUT2D eigenvalue weighted by Gasteiger charge is -2.42. The first-order chi connectivity index (χ1) is 13.7. The molecule has 0 aromatic heterocycles. The van der Waals surface area contributed by atoms with Gasteiger partial charge in [0.2, 0.25) is 5.91 Å². The molecule has 0 radical (unpaired) electrons. The van der Waals surface area contributed by atoms with E-state index in [-0.39, 0.29) is 30.2 Å². The number of hydrogen-bond donors (Lipinski definition) is 2. The second kappa shape index (κ2) is 8.13. The third-order valence-corrected chi connectivity index (χ3v) is 6.81. The number of imide groups is 1. The lowest BCUT2D eigenvalue weighted by molar-refractivity contribution is -0.136. The third-order valence-electron chi connectivity index (χ3n) is 6.81. The summed E-state index contributed by atoms with van der Waals surface area (Å²) in [6.07, 6.45) is 4.07. The molecule has 1 aliphatic heterocycles. The zero-order chi connectivity index (χ0) is 21.2. The number of halogens is 1. The second-order valence-corrected chi connectivity index (χ2v) is 8.92. The Hall–Kier alpha value is -2.44. The van der Waals surface area contributed by atoms with E-state index >= 15 is 0 Å². The first-order valence-corrected chi connectivity index (χ1v) is 10.3. The summed E-state index contributed by atoms with van der Waals surface area (Å²) in [5.41, 5.74) is 0.0900. The Balaban J connectivity index is 1.56. The lowest BCUT2D eigenvalue weighted by atomic mass is 9.65. The topological polar surface area (TPSA) is 78.5 Å². The van der Waals surface area contributed by atoms with E-state index in [1.165, 1.54) is 12.1 Å². The molecule has 29 heavy (non-hydrogen) atoms. The third kappa shape index (κ3) is 4.43. The van der Waals surface area contributed by atoms with Crippen molar-refractivity contribution in [2.24, 2.45) is 11.3 Å². The summed E-state index contributed by atoms with van der Waals surface area (Å²) in [5.74, 6) is -0.541. The van der Waals surface area contributed by atoms with Gasteiger partial charge in [0, 0.05) is 6.54 Å². The highest BCUT2D eigenvalue weighted by Crippen LogP contribution is 2.45. The minimum absolute atomic E-state index is 0.210. The highest BCUT2D eigenvalue weighted by Gasteiger charge is 2.53. The van der Waals surface area contributed by atoms with Crippen molar-refractivity contribution >= 4 is 17.8 Å². The van der Waals surface area contributed by atoms with Crippen molar-refractivity contribution in [1.29, 1.82) is 0 Å². The van der Waals surface area contributed by atoms with E-state index in [0.717, 1.165) is 29.7 Å². The van der Waals surface area contributed by atoms with Crippen molar-refractivity contribution in [2.75, 3.05) is 6.54 Å². The molecule has 1 spiro atoms. The molecule has 2 N–H and O–H groups in total. The molecule has 1 heterocycles. The molecule has 158 valence electrons. The summed E-state index contributed by atoms with van der Waals surface area (Å²) < 4.78 is 12.9. The Morgan fingerprint density at radius 3 is 2.45 bits per heavy atom. The van der Waals surface area contributed by atoms with Gasteiger partial charge in [-0.1, -0.05) is 39.3 Å². The molecule has 6 nitrogen and oxygen atoms in total. The van der Waals surface area contributed by atoms with E-state index < -0.39 is 17.5 Å². The molecule has 1 aromatic rings. The SMILES string of the molecule is CCC(C)(C)C1CCC2(CC1)NC(=O)N(CC(=O)NCc1ccc(F)cc1)C2=O. The van der Waals surface area contributed by atoms with Crippen molar-refractivity contribution in [2.45, 2.75) is 65.0 Å². The van der Waals surface area contributed by atoms with Crippen LogP contribution in [-0.4, -0.2) is 34.8 Å². The molecular formula is C22H30FN3O3. The van der Waals surface area contributed by atoms with Crippen LogP contribution in [0.5, 0.6) is 0 Å². The number of nitrogens with one attached hydrogen (secondary N) is 2. The Bertz CT molecular complexity index is 783. The number of carbonyl (C=O) groups excluding carboxylic acids is 3. The highest BCUT2D eigenvalue weighted by atomic mass is 19.1. The van der Waals surface area contributed by atoms with Gasteiger partial charge in [-0.15, -0.1) is 0 Å². The molecular weight excluding hydrogens is 373 g/mol. The minimum atomic E-state index is -0.866. The fourth-order valence-electron chi connectivity index (χ4n) is 4.34. The van der Waals surface area contributed by atoms with Crippen molar-refractivity contribution < 1.29 is 18.8 Å². The maximum Gasteiger partial charge on any atom is 0.325 e. The van der Waals surface area contributed by atoms with Gasteiger partial charge in [0.15, 0.2) is 0 Å². The zero-order valence-electron chi connectivity index (χ0n) is 17.4. The first-order valence-electron chi connectivity index (χ1n) is 10.3. The number of benzene rings is 1. The summed E-state index contributed by atoms with van der Waals surface area (Å²) in [4.78, 5) is 38.7. The Morgan fingerprint density at radius 1 is 1.24 bits per heavy atom. The lowest BCUT2D eigenvalue weighted by Crippen LogP contribution is -2.51. The molecule has 7 heteroatoms. The number of nitrogens with zero attached hydrogens (tertiary/aromatic N) is 1. The van der Waals surface area contributed by atoms with Gasteiger partial charge >= 0.3 is 6.03 Å². The molecule has 2 aliphatic rings. The van der Waals surface area contributed by atoms with Crippen LogP contribution in [0.15, 0.2) is 24.3 Å². The van der Waals surface area contributed by atoms with Crippen molar-refractivity contribution in [1.82, 2.24) is 15.5 Å². The standard InChI is InChI=1S/C22H30FN3O3/c1-4-21(2,3)16-9-11-22(12-10-16)19(28)26(20(29)25-22)14-18(27)24-13-15-5-7-17(23)8-6-15/h5-8,16H,4,9-14H2,1-3H3,(H,24,27)(H,25,29). The molecule has 0 bridgehead atoms. The van der Waals surface area contributed by atoms with Crippen LogP contribution < -0.4 is 10.6 Å². The quantitative estimate of drug-likeness (QED) is 0.715. The van der Waals surface area contributed by atoms with E-state index in [0.29, 0.717) is 18.8 Å². The molecule has 1 aliphatic carbocycles. The fourth-order valence-corrected chi connectivity index (χ4v) is 4.34. The van der Waals surface area contributed by atoms with Gasteiger partial charge in [-0.2, -0.15) is 0 Å². The van der Waals surface area contributed by atoms with Crippen molar-refractivity contribution in [3.05, 3.63) is 35.6 Å². The van der Waals surface area contributed by atoms with Crippen LogP contribution in [0, 0.1) is 17.2 Å². The highest BCUT2D eigenvalue weighted by molar-refractivity contribution is 6.09. The van der Waals surface area contributed by atoms with E-state index in [1.807, 2.05) is 0 Å². The van der Waals surface area contributed by atoms with E-state index in [9.17, 15) is 18.8 Å². The molecule has 0 atom stereocenters. The molecule has 4 amide bonds. The fraction of sp³-hybridized carbons (Fsp3) is 0.591. The van der Waals surface area contributed by atoms with Gasteiger partial charge < -0.3 is 10.6 Å². The number of urea groups is 1. The van der Waals surface area contributed by atoms with Crippen LogP contribution in [0.25, 0.3) is 0 Å².